The van der Waals surface area contributed by atoms with E-state index >= 15 is 0 Å². The van der Waals surface area contributed by atoms with Crippen molar-refractivity contribution in [3.63, 3.8) is 0 Å². The Labute approximate surface area is 203 Å². The Hall–Kier alpha value is -2.94. The van der Waals surface area contributed by atoms with E-state index in [1.165, 1.54) is 41.8 Å². The fourth-order valence-electron chi connectivity index (χ4n) is 4.36. The van der Waals surface area contributed by atoms with Crippen LogP contribution in [-0.2, 0) is 32.6 Å². The van der Waals surface area contributed by atoms with Crippen molar-refractivity contribution >= 4 is 38.2 Å². The van der Waals surface area contributed by atoms with Gasteiger partial charge < -0.3 is 15.0 Å². The summed E-state index contributed by atoms with van der Waals surface area (Å²) in [5.41, 5.74) is 1.32. The van der Waals surface area contributed by atoms with Gasteiger partial charge in [0.1, 0.15) is 16.8 Å². The topological polar surface area (TPSA) is 120 Å². The molecule has 9 nitrogen and oxygen atoms in total. The van der Waals surface area contributed by atoms with Crippen LogP contribution in [-0.4, -0.2) is 56.2 Å². The number of amides is 2. The number of nitriles is 1. The van der Waals surface area contributed by atoms with E-state index in [0.717, 1.165) is 10.4 Å². The van der Waals surface area contributed by atoms with Gasteiger partial charge in [0.05, 0.1) is 30.0 Å². The molecular weight excluding hydrogens is 476 g/mol. The maximum absolute atomic E-state index is 13.1. The number of piperidine rings is 1. The predicted octanol–water partition coefficient (Wildman–Crippen LogP) is 2.57. The predicted molar refractivity (Wildman–Crippen MR) is 127 cm³/mol. The Bertz CT molecular complexity index is 1250. The molecule has 4 rings (SSSR count). The average Bonchev–Trinajstić information content (AvgIpc) is 3.20. The molecule has 34 heavy (non-hydrogen) atoms. The van der Waals surface area contributed by atoms with Gasteiger partial charge in [-0.05, 0) is 49.1 Å². The van der Waals surface area contributed by atoms with Crippen LogP contribution in [0.25, 0.3) is 0 Å². The third-order valence-corrected chi connectivity index (χ3v) is 9.31. The number of nitrogens with zero attached hydrogens (tertiary/aromatic N) is 3. The summed E-state index contributed by atoms with van der Waals surface area (Å²) in [4.78, 5) is 27.6. The first-order valence-corrected chi connectivity index (χ1v) is 13.3. The summed E-state index contributed by atoms with van der Waals surface area (Å²) in [6.07, 6.45) is 1.69. The van der Waals surface area contributed by atoms with Gasteiger partial charge in [-0.15, -0.1) is 11.3 Å². The summed E-state index contributed by atoms with van der Waals surface area (Å²) < 4.78 is 32.7. The molecule has 0 aliphatic carbocycles. The molecule has 180 valence electrons. The summed E-state index contributed by atoms with van der Waals surface area (Å²) >= 11 is 1.31. The van der Waals surface area contributed by atoms with Crippen molar-refractivity contribution in [1.82, 2.24) is 9.21 Å². The van der Waals surface area contributed by atoms with Gasteiger partial charge in [-0.1, -0.05) is 0 Å². The first-order valence-electron chi connectivity index (χ1n) is 11.0. The Morgan fingerprint density at radius 1 is 1.24 bits per heavy atom. The van der Waals surface area contributed by atoms with Crippen molar-refractivity contribution in [2.75, 3.05) is 32.1 Å². The molecule has 0 saturated carbocycles. The fourth-order valence-corrected chi connectivity index (χ4v) is 7.10. The molecule has 2 aliphatic rings. The number of carbonyl (C=O) groups excluding carboxylic acids is 2. The lowest BCUT2D eigenvalue weighted by Gasteiger charge is -2.31. The molecule has 2 aliphatic heterocycles. The van der Waals surface area contributed by atoms with Crippen LogP contribution < -0.4 is 10.1 Å². The van der Waals surface area contributed by atoms with Gasteiger partial charge in [0, 0.05) is 31.4 Å². The molecule has 1 aromatic carbocycles. The highest BCUT2D eigenvalue weighted by Crippen LogP contribution is 2.37. The van der Waals surface area contributed by atoms with Gasteiger partial charge in [0.25, 0.3) is 0 Å². The first kappa shape index (κ1) is 24.2. The van der Waals surface area contributed by atoms with Gasteiger partial charge >= 0.3 is 0 Å². The molecule has 2 aromatic rings. The Morgan fingerprint density at radius 2 is 1.97 bits per heavy atom. The average molecular weight is 503 g/mol. The molecular formula is C23H26N4O5S2. The van der Waals surface area contributed by atoms with Crippen LogP contribution >= 0.6 is 11.3 Å². The first-order chi connectivity index (χ1) is 16.2. The molecule has 0 radical (unpaired) electrons. The number of hydrogen-bond donors (Lipinski definition) is 1. The molecule has 1 saturated heterocycles. The minimum Gasteiger partial charge on any atom is -0.497 e. The second kappa shape index (κ2) is 9.74. The Morgan fingerprint density at radius 3 is 2.62 bits per heavy atom. The molecule has 1 aromatic heterocycles. The van der Waals surface area contributed by atoms with E-state index in [9.17, 15) is 23.3 Å². The number of fused-ring (bicyclic) bond motifs is 1. The van der Waals surface area contributed by atoms with E-state index < -0.39 is 15.9 Å². The Balaban J connectivity index is 1.49. The quantitative estimate of drug-likeness (QED) is 0.671. The fraction of sp³-hybridized carbons (Fsp3) is 0.435. The van der Waals surface area contributed by atoms with Gasteiger partial charge in [-0.2, -0.15) is 9.57 Å². The van der Waals surface area contributed by atoms with Crippen LogP contribution in [0.2, 0.25) is 0 Å². The largest absolute Gasteiger partial charge is 0.497 e. The van der Waals surface area contributed by atoms with Crippen LogP contribution in [0, 0.1) is 17.2 Å². The van der Waals surface area contributed by atoms with Gasteiger partial charge in [-0.3, -0.25) is 9.59 Å². The summed E-state index contributed by atoms with van der Waals surface area (Å²) in [5.74, 6) is -0.286. The van der Waals surface area contributed by atoms with Crippen molar-refractivity contribution in [1.29, 1.82) is 5.26 Å². The van der Waals surface area contributed by atoms with Crippen molar-refractivity contribution < 1.29 is 22.7 Å². The SMILES string of the molecule is COc1ccc(S(=O)(=O)N2CCCC(C(=O)Nc3sc4c(c3C#N)CCN(C(C)=O)C4)C2)cc1. The van der Waals surface area contributed by atoms with E-state index in [1.54, 1.807) is 17.0 Å². The van der Waals surface area contributed by atoms with E-state index in [1.807, 2.05) is 0 Å². The highest BCUT2D eigenvalue weighted by molar-refractivity contribution is 7.89. The van der Waals surface area contributed by atoms with Crippen LogP contribution in [0.1, 0.15) is 35.8 Å². The van der Waals surface area contributed by atoms with Crippen LogP contribution in [0.3, 0.4) is 0 Å². The number of nitrogens with one attached hydrogen (secondary N) is 1. The monoisotopic (exact) mass is 502 g/mol. The standard InChI is InChI=1S/C23H26N4O5S2/c1-15(28)26-11-9-19-20(12-24)23(33-21(19)14-26)25-22(29)16-4-3-10-27(13-16)34(30,31)18-7-5-17(32-2)6-8-18/h5-8,16H,3-4,9-11,13-14H2,1-2H3,(H,25,29). The summed E-state index contributed by atoms with van der Waals surface area (Å²) in [6.45, 7) is 2.90. The maximum Gasteiger partial charge on any atom is 0.243 e. The van der Waals surface area contributed by atoms with E-state index in [0.29, 0.717) is 55.2 Å². The number of rotatable bonds is 5. The number of hydrogen-bond acceptors (Lipinski definition) is 7. The summed E-state index contributed by atoms with van der Waals surface area (Å²) in [6, 6.07) is 8.38. The normalized spacial score (nSPS) is 18.6. The third kappa shape index (κ3) is 4.66. The molecule has 1 atom stereocenters. The highest BCUT2D eigenvalue weighted by Gasteiger charge is 2.34. The zero-order chi connectivity index (χ0) is 24.5. The van der Waals surface area contributed by atoms with Crippen LogP contribution in [0.4, 0.5) is 5.00 Å². The number of methoxy groups -OCH3 is 1. The number of anilines is 1. The second-order valence-corrected chi connectivity index (χ2v) is 11.4. The number of benzene rings is 1. The second-order valence-electron chi connectivity index (χ2n) is 8.38. The smallest absolute Gasteiger partial charge is 0.243 e. The number of thiophene rings is 1. The van der Waals surface area contributed by atoms with Crippen molar-refractivity contribution in [3.05, 3.63) is 40.3 Å². The van der Waals surface area contributed by atoms with Gasteiger partial charge in [-0.25, -0.2) is 8.42 Å². The minimum absolute atomic E-state index is 0.0245. The number of carbonyl (C=O) groups is 2. The minimum atomic E-state index is -3.75. The lowest BCUT2D eigenvalue weighted by atomic mass is 9.98. The molecule has 0 bridgehead atoms. The zero-order valence-electron chi connectivity index (χ0n) is 19.0. The number of ether oxygens (including phenoxy) is 1. The molecule has 1 N–H and O–H groups in total. The molecule has 1 unspecified atom stereocenters. The highest BCUT2D eigenvalue weighted by atomic mass is 32.2. The van der Waals surface area contributed by atoms with Crippen molar-refractivity contribution in [3.8, 4) is 11.8 Å². The van der Waals surface area contributed by atoms with Gasteiger partial charge in [0.15, 0.2) is 0 Å². The number of sulfonamides is 1. The van der Waals surface area contributed by atoms with Crippen LogP contribution in [0.15, 0.2) is 29.2 Å². The van der Waals surface area contributed by atoms with Crippen molar-refractivity contribution in [2.45, 2.75) is 37.6 Å². The molecule has 0 spiro atoms. The zero-order valence-corrected chi connectivity index (χ0v) is 20.7. The summed E-state index contributed by atoms with van der Waals surface area (Å²) in [5, 5.41) is 13.0. The Kier molecular flexibility index (Phi) is 6.93. The molecule has 11 heteroatoms. The molecule has 2 amide bonds. The van der Waals surface area contributed by atoms with Gasteiger partial charge in [0.2, 0.25) is 21.8 Å². The van der Waals surface area contributed by atoms with Crippen molar-refractivity contribution in [2.24, 2.45) is 5.92 Å². The maximum atomic E-state index is 13.1. The van der Waals surface area contributed by atoms with E-state index in [4.69, 9.17) is 4.74 Å². The van der Waals surface area contributed by atoms with E-state index in [-0.39, 0.29) is 23.3 Å². The van der Waals surface area contributed by atoms with E-state index in [2.05, 4.69) is 11.4 Å². The molecule has 1 fully saturated rings. The van der Waals surface area contributed by atoms with Crippen LogP contribution in [0.5, 0.6) is 5.75 Å². The lowest BCUT2D eigenvalue weighted by Crippen LogP contribution is -2.43. The summed E-state index contributed by atoms with van der Waals surface area (Å²) in [7, 11) is -2.23. The lowest BCUT2D eigenvalue weighted by molar-refractivity contribution is -0.129. The third-order valence-electron chi connectivity index (χ3n) is 6.30. The molecule has 3 heterocycles.